The molecule has 16 heavy (non-hydrogen) atoms. The van der Waals surface area contributed by atoms with Gasteiger partial charge in [-0.1, -0.05) is 44.0 Å². The lowest BCUT2D eigenvalue weighted by Crippen LogP contribution is -2.13. The van der Waals surface area contributed by atoms with Crippen molar-refractivity contribution < 1.29 is 0 Å². The first-order chi connectivity index (χ1) is 7.39. The Morgan fingerprint density at radius 1 is 1.19 bits per heavy atom. The van der Waals surface area contributed by atoms with E-state index in [1.165, 1.54) is 16.5 Å². The summed E-state index contributed by atoms with van der Waals surface area (Å²) in [5.74, 6) is 0. The van der Waals surface area contributed by atoms with Crippen LogP contribution in [-0.2, 0) is 5.41 Å². The highest BCUT2D eigenvalue weighted by Gasteiger charge is 2.20. The van der Waals surface area contributed by atoms with Crippen molar-refractivity contribution in [1.29, 1.82) is 0 Å². The van der Waals surface area contributed by atoms with Crippen LogP contribution in [-0.4, -0.2) is 4.98 Å². The van der Waals surface area contributed by atoms with Gasteiger partial charge in [0.2, 0.25) is 0 Å². The maximum Gasteiger partial charge on any atom is 0.0706 e. The zero-order valence-electron chi connectivity index (χ0n) is 10.1. The van der Waals surface area contributed by atoms with Crippen LogP contribution in [0.4, 0.5) is 0 Å². The van der Waals surface area contributed by atoms with Crippen molar-refractivity contribution in [2.45, 2.75) is 33.1 Å². The molecule has 0 saturated carbocycles. The molecule has 0 aliphatic heterocycles. The minimum absolute atomic E-state index is 0.0338. The van der Waals surface area contributed by atoms with E-state index in [9.17, 15) is 0 Å². The second-order valence-corrected chi connectivity index (χ2v) is 5.66. The fourth-order valence-corrected chi connectivity index (χ4v) is 2.48. The molecule has 1 nitrogen and oxygen atoms in total. The van der Waals surface area contributed by atoms with Crippen LogP contribution in [0.2, 0.25) is 5.02 Å². The molecule has 2 rings (SSSR count). The van der Waals surface area contributed by atoms with E-state index in [-0.39, 0.29) is 5.41 Å². The first kappa shape index (κ1) is 11.4. The van der Waals surface area contributed by atoms with Crippen molar-refractivity contribution in [3.63, 3.8) is 0 Å². The monoisotopic (exact) mass is 233 g/mol. The molecule has 0 aliphatic carbocycles. The van der Waals surface area contributed by atoms with Gasteiger partial charge in [0.1, 0.15) is 0 Å². The molecule has 1 aromatic carbocycles. The molecule has 0 atom stereocenters. The van der Waals surface area contributed by atoms with E-state index in [4.69, 9.17) is 11.6 Å². The number of nitrogens with zero attached hydrogens (tertiary/aromatic N) is 1. The Hall–Kier alpha value is -1.08. The maximum absolute atomic E-state index is 6.28. The van der Waals surface area contributed by atoms with E-state index in [2.05, 4.69) is 50.9 Å². The first-order valence-electron chi connectivity index (χ1n) is 5.45. The largest absolute Gasteiger partial charge is 0.255 e. The van der Waals surface area contributed by atoms with Gasteiger partial charge < -0.3 is 0 Å². The van der Waals surface area contributed by atoms with E-state index in [1.807, 2.05) is 0 Å². The molecule has 0 N–H and O–H groups in total. The number of aryl methyl sites for hydroxylation is 1. The lowest BCUT2D eigenvalue weighted by atomic mass is 9.84. The molecule has 2 aromatic rings. The van der Waals surface area contributed by atoms with Gasteiger partial charge in [-0.15, -0.1) is 0 Å². The number of aromatic nitrogens is 1. The average molecular weight is 234 g/mol. The van der Waals surface area contributed by atoms with Crippen molar-refractivity contribution in [3.05, 3.63) is 40.5 Å². The molecule has 0 aliphatic rings. The van der Waals surface area contributed by atoms with E-state index in [1.54, 1.807) is 6.20 Å². The minimum Gasteiger partial charge on any atom is -0.255 e. The summed E-state index contributed by atoms with van der Waals surface area (Å²) in [6.07, 6.45) is 1.75. The lowest BCUT2D eigenvalue weighted by molar-refractivity contribution is 0.595. The van der Waals surface area contributed by atoms with E-state index in [0.29, 0.717) is 0 Å². The van der Waals surface area contributed by atoms with Crippen LogP contribution < -0.4 is 0 Å². The topological polar surface area (TPSA) is 12.9 Å². The summed E-state index contributed by atoms with van der Waals surface area (Å²) in [5.41, 5.74) is 3.47. The number of fused-ring (bicyclic) bond motifs is 1. The van der Waals surface area contributed by atoms with Gasteiger partial charge >= 0.3 is 0 Å². The number of rotatable bonds is 0. The molecule has 0 bridgehead atoms. The standard InChI is InChI=1S/C14H16ClN/c1-9-5-6-12-10(7-9)13(14(2,3)4)11(15)8-16-12/h5-8H,1-4H3. The quantitative estimate of drug-likeness (QED) is 0.653. The smallest absolute Gasteiger partial charge is 0.0706 e. The summed E-state index contributed by atoms with van der Waals surface area (Å²) in [6, 6.07) is 6.29. The predicted molar refractivity (Wildman–Crippen MR) is 70.2 cm³/mol. The molecule has 1 heterocycles. The molecule has 2 heteroatoms. The summed E-state index contributed by atoms with van der Waals surface area (Å²) < 4.78 is 0. The predicted octanol–water partition coefficient (Wildman–Crippen LogP) is 4.49. The van der Waals surface area contributed by atoms with Gasteiger partial charge in [-0.25, -0.2) is 0 Å². The van der Waals surface area contributed by atoms with Crippen molar-refractivity contribution in [3.8, 4) is 0 Å². The molecule has 1 aromatic heterocycles. The minimum atomic E-state index is 0.0338. The zero-order valence-corrected chi connectivity index (χ0v) is 10.9. The molecule has 0 radical (unpaired) electrons. The highest BCUT2D eigenvalue weighted by molar-refractivity contribution is 6.32. The lowest BCUT2D eigenvalue weighted by Gasteiger charge is -2.22. The number of benzene rings is 1. The van der Waals surface area contributed by atoms with Crippen molar-refractivity contribution in [2.24, 2.45) is 0 Å². The van der Waals surface area contributed by atoms with Crippen molar-refractivity contribution in [2.75, 3.05) is 0 Å². The van der Waals surface area contributed by atoms with Crippen LogP contribution in [0.3, 0.4) is 0 Å². The van der Waals surface area contributed by atoms with E-state index in [0.717, 1.165) is 10.5 Å². The second kappa shape index (κ2) is 3.74. The number of halogens is 1. The number of hydrogen-bond donors (Lipinski definition) is 0. The Balaban J connectivity index is 2.88. The Bertz CT molecular complexity index is 533. The molecule has 0 saturated heterocycles. The van der Waals surface area contributed by atoms with E-state index < -0.39 is 0 Å². The number of hydrogen-bond acceptors (Lipinski definition) is 1. The molecule has 0 unspecified atom stereocenters. The summed E-state index contributed by atoms with van der Waals surface area (Å²) >= 11 is 6.28. The van der Waals surface area contributed by atoms with Crippen LogP contribution >= 0.6 is 11.6 Å². The molecule has 0 fully saturated rings. The van der Waals surface area contributed by atoms with Crippen molar-refractivity contribution in [1.82, 2.24) is 4.98 Å². The Morgan fingerprint density at radius 3 is 2.50 bits per heavy atom. The van der Waals surface area contributed by atoms with Gasteiger partial charge in [0.15, 0.2) is 0 Å². The van der Waals surface area contributed by atoms with Gasteiger partial charge in [0.25, 0.3) is 0 Å². The highest BCUT2D eigenvalue weighted by Crippen LogP contribution is 2.34. The summed E-state index contributed by atoms with van der Waals surface area (Å²) in [4.78, 5) is 4.36. The van der Waals surface area contributed by atoms with Gasteiger partial charge in [-0.2, -0.15) is 0 Å². The Labute approximate surface area is 101 Å². The van der Waals surface area contributed by atoms with Crippen LogP contribution in [0, 0.1) is 6.92 Å². The molecule has 0 spiro atoms. The Morgan fingerprint density at radius 2 is 1.88 bits per heavy atom. The van der Waals surface area contributed by atoms with Crippen LogP contribution in [0.15, 0.2) is 24.4 Å². The number of pyridine rings is 1. The summed E-state index contributed by atoms with van der Waals surface area (Å²) in [5, 5.41) is 1.92. The van der Waals surface area contributed by atoms with Crippen LogP contribution in [0.25, 0.3) is 10.9 Å². The molecular formula is C14H16ClN. The maximum atomic E-state index is 6.28. The van der Waals surface area contributed by atoms with Gasteiger partial charge in [-0.3, -0.25) is 4.98 Å². The molecular weight excluding hydrogens is 218 g/mol. The average Bonchev–Trinajstić information content (AvgIpc) is 2.14. The summed E-state index contributed by atoms with van der Waals surface area (Å²) in [7, 11) is 0. The second-order valence-electron chi connectivity index (χ2n) is 5.25. The Kier molecular flexibility index (Phi) is 2.67. The third-order valence-electron chi connectivity index (χ3n) is 2.73. The van der Waals surface area contributed by atoms with Gasteiger partial charge in [0, 0.05) is 11.6 Å². The SMILES string of the molecule is Cc1ccc2ncc(Cl)c(C(C)(C)C)c2c1. The van der Waals surface area contributed by atoms with Gasteiger partial charge in [-0.05, 0) is 30.0 Å². The molecule has 84 valence electrons. The van der Waals surface area contributed by atoms with Crippen LogP contribution in [0.1, 0.15) is 31.9 Å². The fourth-order valence-electron chi connectivity index (χ4n) is 2.04. The third kappa shape index (κ3) is 1.92. The normalized spacial score (nSPS) is 12.1. The molecule has 0 amide bonds. The van der Waals surface area contributed by atoms with E-state index >= 15 is 0 Å². The van der Waals surface area contributed by atoms with Crippen molar-refractivity contribution >= 4 is 22.5 Å². The van der Waals surface area contributed by atoms with Gasteiger partial charge in [0.05, 0.1) is 10.5 Å². The highest BCUT2D eigenvalue weighted by atomic mass is 35.5. The zero-order chi connectivity index (χ0) is 11.9. The first-order valence-corrected chi connectivity index (χ1v) is 5.83. The fraction of sp³-hybridized carbons (Fsp3) is 0.357. The third-order valence-corrected chi connectivity index (χ3v) is 3.01. The van der Waals surface area contributed by atoms with Crippen LogP contribution in [0.5, 0.6) is 0 Å². The summed E-state index contributed by atoms with van der Waals surface area (Å²) in [6.45, 7) is 8.62.